The summed E-state index contributed by atoms with van der Waals surface area (Å²) >= 11 is 0. The first kappa shape index (κ1) is 12.5. The summed E-state index contributed by atoms with van der Waals surface area (Å²) in [5, 5.41) is 16.5. The van der Waals surface area contributed by atoms with Crippen LogP contribution in [0.15, 0.2) is 24.3 Å². The molecule has 1 heterocycles. The number of non-ortho nitro benzene ring substituents is 1. The van der Waals surface area contributed by atoms with Crippen LogP contribution < -0.4 is 10.6 Å². The summed E-state index contributed by atoms with van der Waals surface area (Å²) in [4.78, 5) is 22.0. The smallest absolute Gasteiger partial charge is 0.271 e. The van der Waals surface area contributed by atoms with E-state index in [1.807, 2.05) is 0 Å². The molecule has 1 fully saturated rings. The molecular formula is C12H15N3O3. The summed E-state index contributed by atoms with van der Waals surface area (Å²) in [7, 11) is 0. The number of hydrogen-bond donors (Lipinski definition) is 2. The number of piperidine rings is 1. The molecule has 6 nitrogen and oxygen atoms in total. The van der Waals surface area contributed by atoms with E-state index in [2.05, 4.69) is 10.6 Å². The molecule has 1 atom stereocenters. The maximum Gasteiger partial charge on any atom is 0.271 e. The Labute approximate surface area is 105 Å². The summed E-state index contributed by atoms with van der Waals surface area (Å²) in [6.07, 6.45) is 2.92. The minimum atomic E-state index is -0.478. The zero-order chi connectivity index (χ0) is 13.0. The number of carbonyl (C=O) groups excluding carboxylic acids is 1. The van der Waals surface area contributed by atoms with Gasteiger partial charge in [-0.25, -0.2) is 0 Å². The van der Waals surface area contributed by atoms with Gasteiger partial charge in [0.1, 0.15) is 0 Å². The predicted octanol–water partition coefficient (Wildman–Crippen LogP) is 1.68. The van der Waals surface area contributed by atoms with Crippen molar-refractivity contribution in [2.75, 3.05) is 11.9 Å². The highest BCUT2D eigenvalue weighted by molar-refractivity contribution is 5.95. The van der Waals surface area contributed by atoms with Crippen molar-refractivity contribution in [2.24, 2.45) is 0 Å². The van der Waals surface area contributed by atoms with Gasteiger partial charge in [-0.2, -0.15) is 0 Å². The molecule has 2 N–H and O–H groups in total. The summed E-state index contributed by atoms with van der Waals surface area (Å²) in [5.41, 5.74) is 0.436. The molecule has 0 aliphatic carbocycles. The van der Waals surface area contributed by atoms with E-state index in [0.29, 0.717) is 5.69 Å². The molecule has 1 aromatic rings. The van der Waals surface area contributed by atoms with Gasteiger partial charge in [0.25, 0.3) is 5.69 Å². The van der Waals surface area contributed by atoms with Crippen LogP contribution in [-0.2, 0) is 4.79 Å². The number of anilines is 1. The van der Waals surface area contributed by atoms with Crippen LogP contribution in [0, 0.1) is 10.1 Å². The second kappa shape index (κ2) is 5.59. The maximum absolute atomic E-state index is 11.9. The molecule has 1 aliphatic heterocycles. The summed E-state index contributed by atoms with van der Waals surface area (Å²) in [5.74, 6) is -0.129. The Balaban J connectivity index is 2.02. The monoisotopic (exact) mass is 249 g/mol. The van der Waals surface area contributed by atoms with Gasteiger partial charge in [-0.3, -0.25) is 14.9 Å². The molecule has 1 saturated heterocycles. The fraction of sp³-hybridized carbons (Fsp3) is 0.417. The van der Waals surface area contributed by atoms with Gasteiger partial charge < -0.3 is 10.6 Å². The number of rotatable bonds is 3. The number of nitrogens with one attached hydrogen (secondary N) is 2. The zero-order valence-corrected chi connectivity index (χ0v) is 9.89. The number of nitro benzene ring substituents is 1. The number of nitro groups is 1. The van der Waals surface area contributed by atoms with Crippen LogP contribution in [0.1, 0.15) is 19.3 Å². The molecule has 1 aromatic carbocycles. The highest BCUT2D eigenvalue weighted by Crippen LogP contribution is 2.18. The normalized spacial score (nSPS) is 19.2. The minimum absolute atomic E-state index is 0.0237. The third-order valence-corrected chi connectivity index (χ3v) is 2.95. The standard InChI is InChI=1S/C12H15N3O3/c16-12(11-6-1-2-7-13-11)14-9-4-3-5-10(8-9)15(17)18/h3-5,8,11,13H,1-2,6-7H2,(H,14,16)/t11-/m1/s1. The number of carbonyl (C=O) groups is 1. The molecule has 0 saturated carbocycles. The Morgan fingerprint density at radius 3 is 2.94 bits per heavy atom. The highest BCUT2D eigenvalue weighted by atomic mass is 16.6. The molecular weight excluding hydrogens is 234 g/mol. The first-order valence-corrected chi connectivity index (χ1v) is 5.95. The van der Waals surface area contributed by atoms with E-state index >= 15 is 0 Å². The van der Waals surface area contributed by atoms with E-state index in [0.717, 1.165) is 25.8 Å². The van der Waals surface area contributed by atoms with Crippen molar-refractivity contribution in [3.63, 3.8) is 0 Å². The molecule has 0 bridgehead atoms. The number of benzene rings is 1. The summed E-state index contributed by atoms with van der Waals surface area (Å²) in [6.45, 7) is 0.840. The van der Waals surface area contributed by atoms with Crippen LogP contribution in [0.3, 0.4) is 0 Å². The van der Waals surface area contributed by atoms with E-state index in [1.165, 1.54) is 12.1 Å². The van der Waals surface area contributed by atoms with Gasteiger partial charge in [0.2, 0.25) is 5.91 Å². The average molecular weight is 249 g/mol. The van der Waals surface area contributed by atoms with Crippen molar-refractivity contribution < 1.29 is 9.72 Å². The fourth-order valence-corrected chi connectivity index (χ4v) is 2.00. The van der Waals surface area contributed by atoms with Crippen molar-refractivity contribution in [3.05, 3.63) is 34.4 Å². The van der Waals surface area contributed by atoms with Crippen LogP contribution in [0.25, 0.3) is 0 Å². The number of amides is 1. The SMILES string of the molecule is O=C(Nc1cccc([N+](=O)[O-])c1)[C@H]1CCCCN1. The van der Waals surface area contributed by atoms with Crippen molar-refractivity contribution in [2.45, 2.75) is 25.3 Å². The van der Waals surface area contributed by atoms with Crippen molar-refractivity contribution >= 4 is 17.3 Å². The first-order chi connectivity index (χ1) is 8.66. The Bertz CT molecular complexity index is 456. The molecule has 0 aromatic heterocycles. The van der Waals surface area contributed by atoms with E-state index in [1.54, 1.807) is 12.1 Å². The molecule has 1 aliphatic rings. The van der Waals surface area contributed by atoms with Gasteiger partial charge in [-0.1, -0.05) is 12.5 Å². The van der Waals surface area contributed by atoms with Gasteiger partial charge in [-0.15, -0.1) is 0 Å². The van der Waals surface area contributed by atoms with Gasteiger partial charge in [-0.05, 0) is 25.5 Å². The summed E-state index contributed by atoms with van der Waals surface area (Å²) in [6, 6.07) is 5.77. The zero-order valence-electron chi connectivity index (χ0n) is 9.89. The Kier molecular flexibility index (Phi) is 3.88. The summed E-state index contributed by atoms with van der Waals surface area (Å²) < 4.78 is 0. The molecule has 2 rings (SSSR count). The van der Waals surface area contributed by atoms with Crippen molar-refractivity contribution in [3.8, 4) is 0 Å². The van der Waals surface area contributed by atoms with E-state index in [4.69, 9.17) is 0 Å². The lowest BCUT2D eigenvalue weighted by atomic mass is 10.0. The average Bonchev–Trinajstić information content (AvgIpc) is 2.40. The van der Waals surface area contributed by atoms with Crippen LogP contribution >= 0.6 is 0 Å². The predicted molar refractivity (Wildman–Crippen MR) is 67.4 cm³/mol. The molecule has 6 heteroatoms. The van der Waals surface area contributed by atoms with Crippen LogP contribution in [0.5, 0.6) is 0 Å². The number of hydrogen-bond acceptors (Lipinski definition) is 4. The molecule has 1 amide bonds. The largest absolute Gasteiger partial charge is 0.324 e. The minimum Gasteiger partial charge on any atom is -0.324 e. The number of nitrogens with zero attached hydrogens (tertiary/aromatic N) is 1. The van der Waals surface area contributed by atoms with Gasteiger partial charge in [0.15, 0.2) is 0 Å². The topological polar surface area (TPSA) is 84.3 Å². The van der Waals surface area contributed by atoms with Crippen LogP contribution in [-0.4, -0.2) is 23.4 Å². The third-order valence-electron chi connectivity index (χ3n) is 2.95. The van der Waals surface area contributed by atoms with Crippen LogP contribution in [0.2, 0.25) is 0 Å². The molecule has 0 unspecified atom stereocenters. The lowest BCUT2D eigenvalue weighted by Gasteiger charge is -2.22. The second-order valence-corrected chi connectivity index (χ2v) is 4.30. The molecule has 0 spiro atoms. The van der Waals surface area contributed by atoms with Gasteiger partial charge in [0.05, 0.1) is 11.0 Å². The molecule has 96 valence electrons. The van der Waals surface area contributed by atoms with Gasteiger partial charge in [0, 0.05) is 17.8 Å². The van der Waals surface area contributed by atoms with Gasteiger partial charge >= 0.3 is 0 Å². The lowest BCUT2D eigenvalue weighted by Crippen LogP contribution is -2.43. The Morgan fingerprint density at radius 2 is 2.28 bits per heavy atom. The second-order valence-electron chi connectivity index (χ2n) is 4.30. The van der Waals surface area contributed by atoms with E-state index in [-0.39, 0.29) is 17.6 Å². The van der Waals surface area contributed by atoms with Crippen molar-refractivity contribution in [1.29, 1.82) is 0 Å². The Morgan fingerprint density at radius 1 is 1.44 bits per heavy atom. The van der Waals surface area contributed by atoms with E-state index in [9.17, 15) is 14.9 Å². The van der Waals surface area contributed by atoms with Crippen molar-refractivity contribution in [1.82, 2.24) is 5.32 Å². The third kappa shape index (κ3) is 3.04. The highest BCUT2D eigenvalue weighted by Gasteiger charge is 2.20. The first-order valence-electron chi connectivity index (χ1n) is 5.95. The molecule has 18 heavy (non-hydrogen) atoms. The Hall–Kier alpha value is -1.95. The quantitative estimate of drug-likeness (QED) is 0.630. The van der Waals surface area contributed by atoms with Crippen LogP contribution in [0.4, 0.5) is 11.4 Å². The maximum atomic E-state index is 11.9. The lowest BCUT2D eigenvalue weighted by molar-refractivity contribution is -0.384. The fourth-order valence-electron chi connectivity index (χ4n) is 2.00. The van der Waals surface area contributed by atoms with E-state index < -0.39 is 4.92 Å². The molecule has 0 radical (unpaired) electrons.